The van der Waals surface area contributed by atoms with E-state index < -0.39 is 12.0 Å². The van der Waals surface area contributed by atoms with Crippen LogP contribution in [0.5, 0.6) is 0 Å². The molecular weight excluding hydrogens is 358 g/mol. The van der Waals surface area contributed by atoms with Crippen molar-refractivity contribution in [3.63, 3.8) is 0 Å². The van der Waals surface area contributed by atoms with Gasteiger partial charge in [-0.05, 0) is 76.6 Å². The molecule has 2 saturated heterocycles. The van der Waals surface area contributed by atoms with Crippen LogP contribution in [0.1, 0.15) is 49.4 Å². The van der Waals surface area contributed by atoms with E-state index >= 15 is 0 Å². The number of piperidine rings is 1. The Hall–Kier alpha value is -2.25. The summed E-state index contributed by atoms with van der Waals surface area (Å²) in [5, 5.41) is 3.23. The van der Waals surface area contributed by atoms with E-state index in [4.69, 9.17) is 4.74 Å². The molecule has 152 valence electrons. The predicted octanol–water partition coefficient (Wildman–Crippen LogP) is 1.96. The Labute approximate surface area is 166 Å². The van der Waals surface area contributed by atoms with Crippen molar-refractivity contribution in [3.05, 3.63) is 29.8 Å². The van der Waals surface area contributed by atoms with Crippen molar-refractivity contribution < 1.29 is 19.1 Å². The van der Waals surface area contributed by atoms with Gasteiger partial charge in [0.15, 0.2) is 0 Å². The molecule has 2 fully saturated rings. The fourth-order valence-corrected chi connectivity index (χ4v) is 3.79. The summed E-state index contributed by atoms with van der Waals surface area (Å²) in [5.41, 5.74) is 0.887. The van der Waals surface area contributed by atoms with Crippen molar-refractivity contribution >= 4 is 23.5 Å². The van der Waals surface area contributed by atoms with Gasteiger partial charge in [0.1, 0.15) is 0 Å². The molecule has 1 N–H and O–H groups in total. The summed E-state index contributed by atoms with van der Waals surface area (Å²) in [6.45, 7) is 6.12. The van der Waals surface area contributed by atoms with Crippen molar-refractivity contribution in [1.29, 1.82) is 0 Å². The molecule has 7 heteroatoms. The van der Waals surface area contributed by atoms with Crippen LogP contribution in [-0.4, -0.2) is 61.5 Å². The number of rotatable bonds is 8. The lowest BCUT2D eigenvalue weighted by Gasteiger charge is -2.26. The number of hydrogen-bond acceptors (Lipinski definition) is 6. The molecule has 0 spiro atoms. The van der Waals surface area contributed by atoms with Crippen molar-refractivity contribution in [2.75, 3.05) is 37.7 Å². The molecule has 0 saturated carbocycles. The van der Waals surface area contributed by atoms with Gasteiger partial charge in [0, 0.05) is 0 Å². The summed E-state index contributed by atoms with van der Waals surface area (Å²) in [4.78, 5) is 40.4. The van der Waals surface area contributed by atoms with E-state index in [1.54, 1.807) is 31.2 Å². The Bertz CT molecular complexity index is 698. The fraction of sp³-hybridized carbons (Fsp3) is 0.571. The minimum absolute atomic E-state index is 0.169. The largest absolute Gasteiger partial charge is 0.462 e. The second-order valence-corrected chi connectivity index (χ2v) is 7.30. The number of amides is 2. The molecule has 1 aromatic rings. The second kappa shape index (κ2) is 9.80. The lowest BCUT2D eigenvalue weighted by atomic mass is 10.1. The van der Waals surface area contributed by atoms with Crippen molar-refractivity contribution in [3.8, 4) is 0 Å². The molecule has 0 aromatic heterocycles. The highest BCUT2D eigenvalue weighted by Crippen LogP contribution is 2.23. The SMILES string of the molecule is CCOC(=O)c1ccc(N2C(=O)C[C@H](NCCCN3CCCCC3)C2=O)cc1. The van der Waals surface area contributed by atoms with E-state index in [2.05, 4.69) is 10.2 Å². The van der Waals surface area contributed by atoms with E-state index in [0.29, 0.717) is 17.9 Å². The number of benzene rings is 1. The maximum Gasteiger partial charge on any atom is 0.338 e. The monoisotopic (exact) mass is 387 g/mol. The van der Waals surface area contributed by atoms with E-state index in [1.807, 2.05) is 0 Å². The summed E-state index contributed by atoms with van der Waals surface area (Å²) in [5.74, 6) is -0.865. The summed E-state index contributed by atoms with van der Waals surface area (Å²) in [7, 11) is 0. The first-order valence-electron chi connectivity index (χ1n) is 10.2. The zero-order valence-corrected chi connectivity index (χ0v) is 16.5. The smallest absolute Gasteiger partial charge is 0.338 e. The fourth-order valence-electron chi connectivity index (χ4n) is 3.79. The summed E-state index contributed by atoms with van der Waals surface area (Å²) in [6, 6.07) is 5.90. The van der Waals surface area contributed by atoms with Crippen LogP contribution in [0.2, 0.25) is 0 Å². The van der Waals surface area contributed by atoms with Crippen LogP contribution in [0, 0.1) is 0 Å². The van der Waals surface area contributed by atoms with Crippen LogP contribution >= 0.6 is 0 Å². The summed E-state index contributed by atoms with van der Waals surface area (Å²) >= 11 is 0. The molecule has 28 heavy (non-hydrogen) atoms. The van der Waals surface area contributed by atoms with Gasteiger partial charge in [-0.25, -0.2) is 9.69 Å². The first-order chi connectivity index (χ1) is 13.6. The molecule has 0 aliphatic carbocycles. The van der Waals surface area contributed by atoms with Gasteiger partial charge in [-0.3, -0.25) is 9.59 Å². The topological polar surface area (TPSA) is 79.0 Å². The number of ether oxygens (including phenoxy) is 1. The third-order valence-electron chi connectivity index (χ3n) is 5.27. The van der Waals surface area contributed by atoms with Crippen LogP contribution in [0.4, 0.5) is 5.69 Å². The lowest BCUT2D eigenvalue weighted by Crippen LogP contribution is -2.40. The molecule has 0 radical (unpaired) electrons. The zero-order valence-electron chi connectivity index (χ0n) is 16.5. The number of esters is 1. The molecule has 7 nitrogen and oxygen atoms in total. The highest BCUT2D eigenvalue weighted by atomic mass is 16.5. The highest BCUT2D eigenvalue weighted by Gasteiger charge is 2.39. The Kier molecular flexibility index (Phi) is 7.17. The maximum absolute atomic E-state index is 12.7. The lowest BCUT2D eigenvalue weighted by molar-refractivity contribution is -0.121. The Morgan fingerprint density at radius 3 is 2.54 bits per heavy atom. The minimum atomic E-state index is -0.474. The van der Waals surface area contributed by atoms with Crippen LogP contribution in [-0.2, 0) is 14.3 Å². The van der Waals surface area contributed by atoms with E-state index in [-0.39, 0.29) is 18.2 Å². The number of carbonyl (C=O) groups is 3. The third kappa shape index (κ3) is 4.97. The van der Waals surface area contributed by atoms with Crippen LogP contribution in [0.25, 0.3) is 0 Å². The molecular formula is C21H29N3O4. The third-order valence-corrected chi connectivity index (χ3v) is 5.27. The highest BCUT2D eigenvalue weighted by molar-refractivity contribution is 6.22. The molecule has 2 aliphatic heterocycles. The van der Waals surface area contributed by atoms with Crippen molar-refractivity contribution in [2.24, 2.45) is 0 Å². The van der Waals surface area contributed by atoms with E-state index in [0.717, 1.165) is 32.6 Å². The van der Waals surface area contributed by atoms with E-state index in [9.17, 15) is 14.4 Å². The standard InChI is InChI=1S/C21H29N3O4/c1-2-28-21(27)16-7-9-17(10-8-16)24-19(25)15-18(20(24)26)22-11-6-14-23-12-4-3-5-13-23/h7-10,18,22H,2-6,11-15H2,1H3/t18-/m0/s1. The molecule has 1 atom stereocenters. The quantitative estimate of drug-likeness (QED) is 0.417. The number of likely N-dealkylation sites (tertiary alicyclic amines) is 1. The van der Waals surface area contributed by atoms with Gasteiger partial charge in [0.05, 0.1) is 30.3 Å². The Morgan fingerprint density at radius 2 is 1.86 bits per heavy atom. The average molecular weight is 387 g/mol. The van der Waals surface area contributed by atoms with Gasteiger partial charge < -0.3 is 15.0 Å². The first kappa shape index (κ1) is 20.5. The second-order valence-electron chi connectivity index (χ2n) is 7.30. The van der Waals surface area contributed by atoms with E-state index in [1.165, 1.54) is 24.2 Å². The average Bonchev–Trinajstić information content (AvgIpc) is 2.99. The maximum atomic E-state index is 12.7. The van der Waals surface area contributed by atoms with Crippen LogP contribution < -0.4 is 10.2 Å². The summed E-state index contributed by atoms with van der Waals surface area (Å²) in [6.07, 6.45) is 5.00. The van der Waals surface area contributed by atoms with Gasteiger partial charge >= 0.3 is 5.97 Å². The minimum Gasteiger partial charge on any atom is -0.462 e. The van der Waals surface area contributed by atoms with Crippen molar-refractivity contribution in [2.45, 2.75) is 45.1 Å². The zero-order chi connectivity index (χ0) is 19.9. The molecule has 2 heterocycles. The number of nitrogens with zero attached hydrogens (tertiary/aromatic N) is 2. The number of nitrogens with one attached hydrogen (secondary N) is 1. The first-order valence-corrected chi connectivity index (χ1v) is 10.2. The predicted molar refractivity (Wildman–Crippen MR) is 106 cm³/mol. The number of carbonyl (C=O) groups excluding carboxylic acids is 3. The van der Waals surface area contributed by atoms with Crippen LogP contribution in [0.15, 0.2) is 24.3 Å². The van der Waals surface area contributed by atoms with Gasteiger partial charge in [0.25, 0.3) is 5.91 Å². The van der Waals surface area contributed by atoms with Crippen LogP contribution in [0.3, 0.4) is 0 Å². The number of anilines is 1. The van der Waals surface area contributed by atoms with Gasteiger partial charge in [-0.2, -0.15) is 0 Å². The molecule has 0 unspecified atom stereocenters. The normalized spacial score (nSPS) is 20.6. The number of hydrogen-bond donors (Lipinski definition) is 1. The van der Waals surface area contributed by atoms with Crippen molar-refractivity contribution in [1.82, 2.24) is 10.2 Å². The molecule has 1 aromatic carbocycles. The Morgan fingerprint density at radius 1 is 1.14 bits per heavy atom. The molecule has 2 aliphatic rings. The molecule has 2 amide bonds. The Balaban J connectivity index is 1.50. The molecule has 3 rings (SSSR count). The van der Waals surface area contributed by atoms with Gasteiger partial charge in [-0.1, -0.05) is 6.42 Å². The van der Waals surface area contributed by atoms with Gasteiger partial charge in [-0.15, -0.1) is 0 Å². The molecule has 0 bridgehead atoms. The van der Waals surface area contributed by atoms with Gasteiger partial charge in [0.2, 0.25) is 5.91 Å². The summed E-state index contributed by atoms with van der Waals surface area (Å²) < 4.78 is 4.95. The number of imide groups is 1.